The lowest BCUT2D eigenvalue weighted by molar-refractivity contribution is 0.187. The molecular weight excluding hydrogens is 254 g/mol. The van der Waals surface area contributed by atoms with Crippen molar-refractivity contribution in [2.75, 3.05) is 32.8 Å². The van der Waals surface area contributed by atoms with E-state index in [1.54, 1.807) is 0 Å². The molecule has 1 aliphatic rings. The molecule has 2 N–H and O–H groups in total. The number of para-hydroxylation sites is 1. The van der Waals surface area contributed by atoms with E-state index in [1.807, 2.05) is 37.3 Å². The summed E-state index contributed by atoms with van der Waals surface area (Å²) >= 11 is 0. The summed E-state index contributed by atoms with van der Waals surface area (Å²) in [4.78, 5) is 6.63. The van der Waals surface area contributed by atoms with Crippen LogP contribution in [0.3, 0.4) is 0 Å². The third kappa shape index (κ3) is 4.42. The Morgan fingerprint density at radius 2 is 2.25 bits per heavy atom. The van der Waals surface area contributed by atoms with Gasteiger partial charge in [-0.15, -0.1) is 0 Å². The molecule has 1 aromatic carbocycles. The van der Waals surface area contributed by atoms with E-state index in [1.165, 1.54) is 0 Å². The van der Waals surface area contributed by atoms with Gasteiger partial charge in [0.2, 0.25) is 0 Å². The maximum absolute atomic E-state index is 9.59. The number of hydrogen-bond acceptors (Lipinski definition) is 3. The van der Waals surface area contributed by atoms with Gasteiger partial charge >= 0.3 is 0 Å². The molecule has 1 saturated heterocycles. The van der Waals surface area contributed by atoms with Crippen molar-refractivity contribution in [2.24, 2.45) is 4.99 Å². The summed E-state index contributed by atoms with van der Waals surface area (Å²) in [7, 11) is 0. The molecule has 20 heavy (non-hydrogen) atoms. The maximum atomic E-state index is 9.59. The van der Waals surface area contributed by atoms with Crippen molar-refractivity contribution in [3.05, 3.63) is 30.3 Å². The Morgan fingerprint density at radius 1 is 1.45 bits per heavy atom. The zero-order valence-corrected chi connectivity index (χ0v) is 12.0. The fraction of sp³-hybridized carbons (Fsp3) is 0.533. The number of β-amino-alcohol motifs (C(OH)–C–C–N with tert-alkyl or cyclic N) is 1. The van der Waals surface area contributed by atoms with E-state index >= 15 is 0 Å². The zero-order chi connectivity index (χ0) is 14.2. The standard InChI is InChI=1S/C15H23N3O2/c1-2-16-15(18-10-8-13(19)12-18)17-9-11-20-14-6-4-3-5-7-14/h3-7,13,19H,2,8-12H2,1H3,(H,16,17)/t13-/m1/s1. The van der Waals surface area contributed by atoms with E-state index in [9.17, 15) is 5.11 Å². The first kappa shape index (κ1) is 14.7. The van der Waals surface area contributed by atoms with Gasteiger partial charge in [-0.05, 0) is 25.5 Å². The van der Waals surface area contributed by atoms with Crippen LogP contribution in [0.1, 0.15) is 13.3 Å². The molecule has 0 spiro atoms. The number of nitrogens with one attached hydrogen (secondary N) is 1. The van der Waals surface area contributed by atoms with E-state index in [-0.39, 0.29) is 6.10 Å². The lowest BCUT2D eigenvalue weighted by Crippen LogP contribution is -2.40. The summed E-state index contributed by atoms with van der Waals surface area (Å²) in [5.74, 6) is 1.73. The van der Waals surface area contributed by atoms with Crippen molar-refractivity contribution in [1.82, 2.24) is 10.2 Å². The van der Waals surface area contributed by atoms with Crippen LogP contribution < -0.4 is 10.1 Å². The van der Waals surface area contributed by atoms with E-state index in [2.05, 4.69) is 15.2 Å². The van der Waals surface area contributed by atoms with Gasteiger partial charge < -0.3 is 20.1 Å². The number of rotatable bonds is 5. The number of benzene rings is 1. The monoisotopic (exact) mass is 277 g/mol. The number of nitrogens with zero attached hydrogens (tertiary/aromatic N) is 2. The fourth-order valence-corrected chi connectivity index (χ4v) is 2.19. The Kier molecular flexibility index (Phi) is 5.68. The number of ether oxygens (including phenoxy) is 1. The van der Waals surface area contributed by atoms with Gasteiger partial charge in [-0.1, -0.05) is 18.2 Å². The molecule has 0 aliphatic carbocycles. The average Bonchev–Trinajstić information content (AvgIpc) is 2.90. The number of aliphatic hydroxyl groups is 1. The largest absolute Gasteiger partial charge is 0.492 e. The highest BCUT2D eigenvalue weighted by Crippen LogP contribution is 2.09. The van der Waals surface area contributed by atoms with Crippen molar-refractivity contribution >= 4 is 5.96 Å². The number of hydrogen-bond donors (Lipinski definition) is 2. The number of guanidine groups is 1. The molecule has 0 aromatic heterocycles. The van der Waals surface area contributed by atoms with Gasteiger partial charge in [0.25, 0.3) is 0 Å². The second-order valence-electron chi connectivity index (χ2n) is 4.79. The highest BCUT2D eigenvalue weighted by Gasteiger charge is 2.22. The van der Waals surface area contributed by atoms with Gasteiger partial charge in [0.1, 0.15) is 12.4 Å². The molecule has 1 fully saturated rings. The molecule has 0 bridgehead atoms. The van der Waals surface area contributed by atoms with Crippen LogP contribution in [-0.4, -0.2) is 54.9 Å². The molecule has 0 unspecified atom stereocenters. The van der Waals surface area contributed by atoms with Crippen LogP contribution in [0.15, 0.2) is 35.3 Å². The second-order valence-corrected chi connectivity index (χ2v) is 4.79. The van der Waals surface area contributed by atoms with Crippen LogP contribution in [0, 0.1) is 0 Å². The molecule has 1 aromatic rings. The third-order valence-corrected chi connectivity index (χ3v) is 3.16. The van der Waals surface area contributed by atoms with Crippen molar-refractivity contribution < 1.29 is 9.84 Å². The van der Waals surface area contributed by atoms with E-state index in [0.29, 0.717) is 19.7 Å². The topological polar surface area (TPSA) is 57.1 Å². The third-order valence-electron chi connectivity index (χ3n) is 3.16. The van der Waals surface area contributed by atoms with Crippen molar-refractivity contribution in [1.29, 1.82) is 0 Å². The second kappa shape index (κ2) is 7.75. The first-order valence-electron chi connectivity index (χ1n) is 7.18. The van der Waals surface area contributed by atoms with E-state index in [4.69, 9.17) is 4.74 Å². The summed E-state index contributed by atoms with van der Waals surface area (Å²) in [5.41, 5.74) is 0. The Balaban J connectivity index is 1.80. The van der Waals surface area contributed by atoms with Gasteiger partial charge in [-0.3, -0.25) is 0 Å². The molecule has 1 heterocycles. The number of aliphatic imine (C=N–C) groups is 1. The Morgan fingerprint density at radius 3 is 2.90 bits per heavy atom. The van der Waals surface area contributed by atoms with Gasteiger partial charge in [0, 0.05) is 19.6 Å². The average molecular weight is 277 g/mol. The first-order chi connectivity index (χ1) is 9.79. The predicted octanol–water partition coefficient (Wildman–Crippen LogP) is 1.10. The summed E-state index contributed by atoms with van der Waals surface area (Å²) in [5, 5.41) is 12.8. The molecule has 0 amide bonds. The number of likely N-dealkylation sites (tertiary alicyclic amines) is 1. The van der Waals surface area contributed by atoms with Gasteiger partial charge in [-0.2, -0.15) is 0 Å². The normalized spacial score (nSPS) is 19.2. The summed E-state index contributed by atoms with van der Waals surface area (Å²) < 4.78 is 5.62. The molecular formula is C15H23N3O2. The van der Waals surface area contributed by atoms with Crippen molar-refractivity contribution in [3.63, 3.8) is 0 Å². The molecule has 5 nitrogen and oxygen atoms in total. The predicted molar refractivity (Wildman–Crippen MR) is 80.1 cm³/mol. The summed E-state index contributed by atoms with van der Waals surface area (Å²) in [6, 6.07) is 9.74. The molecule has 2 rings (SSSR count). The Bertz CT molecular complexity index is 422. The SMILES string of the molecule is CCNC(=NCCOc1ccccc1)N1CC[C@@H](O)C1. The van der Waals surface area contributed by atoms with Crippen molar-refractivity contribution in [3.8, 4) is 5.75 Å². The lowest BCUT2D eigenvalue weighted by Gasteiger charge is -2.20. The van der Waals surface area contributed by atoms with Gasteiger partial charge in [0.15, 0.2) is 5.96 Å². The highest BCUT2D eigenvalue weighted by molar-refractivity contribution is 5.80. The molecule has 110 valence electrons. The minimum absolute atomic E-state index is 0.237. The van der Waals surface area contributed by atoms with Crippen LogP contribution in [0.25, 0.3) is 0 Å². The smallest absolute Gasteiger partial charge is 0.194 e. The van der Waals surface area contributed by atoms with E-state index in [0.717, 1.165) is 31.2 Å². The zero-order valence-electron chi connectivity index (χ0n) is 12.0. The van der Waals surface area contributed by atoms with Crippen LogP contribution in [0.4, 0.5) is 0 Å². The maximum Gasteiger partial charge on any atom is 0.194 e. The summed E-state index contributed by atoms with van der Waals surface area (Å²) in [6.45, 7) is 5.53. The molecule has 5 heteroatoms. The van der Waals surface area contributed by atoms with Crippen LogP contribution in [-0.2, 0) is 0 Å². The van der Waals surface area contributed by atoms with Gasteiger partial charge in [0.05, 0.1) is 12.6 Å². The van der Waals surface area contributed by atoms with Crippen LogP contribution >= 0.6 is 0 Å². The van der Waals surface area contributed by atoms with Crippen molar-refractivity contribution in [2.45, 2.75) is 19.4 Å². The van der Waals surface area contributed by atoms with Crippen LogP contribution in [0.2, 0.25) is 0 Å². The molecule has 0 radical (unpaired) electrons. The lowest BCUT2D eigenvalue weighted by atomic mass is 10.3. The highest BCUT2D eigenvalue weighted by atomic mass is 16.5. The minimum atomic E-state index is -0.237. The molecule has 0 saturated carbocycles. The quantitative estimate of drug-likeness (QED) is 0.481. The Labute approximate surface area is 120 Å². The van der Waals surface area contributed by atoms with Gasteiger partial charge in [-0.25, -0.2) is 4.99 Å². The van der Waals surface area contributed by atoms with E-state index < -0.39 is 0 Å². The van der Waals surface area contributed by atoms with Crippen LogP contribution in [0.5, 0.6) is 5.75 Å². The fourth-order valence-electron chi connectivity index (χ4n) is 2.19. The minimum Gasteiger partial charge on any atom is -0.492 e. The molecule has 1 aliphatic heterocycles. The number of aliphatic hydroxyl groups excluding tert-OH is 1. The summed E-state index contributed by atoms with van der Waals surface area (Å²) in [6.07, 6.45) is 0.574. The first-order valence-corrected chi connectivity index (χ1v) is 7.18. The molecule has 1 atom stereocenters. The Hall–Kier alpha value is -1.75.